The van der Waals surface area contributed by atoms with Crippen molar-refractivity contribution in [2.45, 2.75) is 18.9 Å². The van der Waals surface area contributed by atoms with E-state index < -0.39 is 0 Å². The molecule has 2 aromatic heterocycles. The van der Waals surface area contributed by atoms with Crippen LogP contribution in [-0.4, -0.2) is 14.5 Å². The Balaban J connectivity index is 2.28. The maximum Gasteiger partial charge on any atom is 0.329 e. The zero-order valence-corrected chi connectivity index (χ0v) is 9.09. The number of hydrogen-bond donors (Lipinski definition) is 1. The minimum absolute atomic E-state index is 0.217. The Bertz CT molecular complexity index is 653. The molecule has 1 aliphatic carbocycles. The Morgan fingerprint density at radius 3 is 2.82 bits per heavy atom. The molecule has 1 N–H and O–H groups in total. The van der Waals surface area contributed by atoms with Gasteiger partial charge in [-0.15, -0.1) is 0 Å². The van der Waals surface area contributed by atoms with Crippen LogP contribution in [0.4, 0.5) is 0 Å². The van der Waals surface area contributed by atoms with Crippen molar-refractivity contribution in [1.29, 1.82) is 0 Å². The molecule has 0 aromatic carbocycles. The van der Waals surface area contributed by atoms with Crippen LogP contribution in [0, 0.1) is 0 Å². The first-order valence-electron chi connectivity index (χ1n) is 5.52. The van der Waals surface area contributed by atoms with Gasteiger partial charge in [0, 0.05) is 30.1 Å². The molecule has 1 aliphatic rings. The molecule has 0 radical (unpaired) electrons. The van der Waals surface area contributed by atoms with E-state index in [1.807, 2.05) is 6.07 Å². The van der Waals surface area contributed by atoms with Crippen molar-refractivity contribution in [2.24, 2.45) is 0 Å². The average molecular weight is 229 g/mol. The standard InChI is InChI=1S/C12H11N3O2/c16-11-6-10(8-2-1-5-13-7-8)15(9-3-4-9)12(17)14-11/h1-2,5-7,9H,3-4H2,(H,14,16,17). The molecule has 1 fully saturated rings. The van der Waals surface area contributed by atoms with Gasteiger partial charge in [-0.1, -0.05) is 0 Å². The van der Waals surface area contributed by atoms with Crippen molar-refractivity contribution in [3.63, 3.8) is 0 Å². The van der Waals surface area contributed by atoms with Crippen molar-refractivity contribution in [2.75, 3.05) is 0 Å². The molecule has 2 heterocycles. The van der Waals surface area contributed by atoms with Crippen LogP contribution >= 0.6 is 0 Å². The molecule has 0 aliphatic heterocycles. The summed E-state index contributed by atoms with van der Waals surface area (Å²) >= 11 is 0. The fraction of sp³-hybridized carbons (Fsp3) is 0.250. The molecule has 0 spiro atoms. The number of nitrogens with one attached hydrogen (secondary N) is 1. The van der Waals surface area contributed by atoms with Crippen molar-refractivity contribution in [1.82, 2.24) is 14.5 Å². The average Bonchev–Trinajstić information content (AvgIpc) is 3.13. The van der Waals surface area contributed by atoms with Crippen LogP contribution in [-0.2, 0) is 0 Å². The van der Waals surface area contributed by atoms with E-state index in [2.05, 4.69) is 9.97 Å². The Labute approximate surface area is 96.8 Å². The molecule has 0 saturated heterocycles. The van der Waals surface area contributed by atoms with Crippen molar-refractivity contribution < 1.29 is 0 Å². The van der Waals surface area contributed by atoms with Gasteiger partial charge < -0.3 is 0 Å². The minimum Gasteiger partial charge on any atom is -0.290 e. The van der Waals surface area contributed by atoms with Crippen LogP contribution in [0.5, 0.6) is 0 Å². The first-order chi connectivity index (χ1) is 8.25. The number of rotatable bonds is 2. The summed E-state index contributed by atoms with van der Waals surface area (Å²) < 4.78 is 1.65. The molecule has 0 atom stereocenters. The molecular formula is C12H11N3O2. The molecule has 0 bridgehead atoms. The molecular weight excluding hydrogens is 218 g/mol. The lowest BCUT2D eigenvalue weighted by Crippen LogP contribution is -2.30. The Morgan fingerprint density at radius 2 is 2.18 bits per heavy atom. The molecule has 86 valence electrons. The van der Waals surface area contributed by atoms with E-state index in [9.17, 15) is 9.59 Å². The van der Waals surface area contributed by atoms with Crippen LogP contribution in [0.25, 0.3) is 11.3 Å². The number of aromatic nitrogens is 3. The molecule has 5 heteroatoms. The van der Waals surface area contributed by atoms with Crippen LogP contribution in [0.3, 0.4) is 0 Å². The molecule has 17 heavy (non-hydrogen) atoms. The summed E-state index contributed by atoms with van der Waals surface area (Å²) in [6.45, 7) is 0. The van der Waals surface area contributed by atoms with E-state index in [-0.39, 0.29) is 17.3 Å². The molecule has 0 unspecified atom stereocenters. The molecule has 1 saturated carbocycles. The summed E-state index contributed by atoms with van der Waals surface area (Å²) in [6, 6.07) is 5.31. The topological polar surface area (TPSA) is 67.8 Å². The zero-order chi connectivity index (χ0) is 11.8. The Morgan fingerprint density at radius 1 is 1.35 bits per heavy atom. The third-order valence-corrected chi connectivity index (χ3v) is 2.85. The van der Waals surface area contributed by atoms with Gasteiger partial charge in [0.15, 0.2) is 0 Å². The lowest BCUT2D eigenvalue weighted by Gasteiger charge is -2.10. The van der Waals surface area contributed by atoms with Crippen molar-refractivity contribution in [3.05, 3.63) is 51.4 Å². The third kappa shape index (κ3) is 1.80. The van der Waals surface area contributed by atoms with E-state index in [4.69, 9.17) is 0 Å². The van der Waals surface area contributed by atoms with Gasteiger partial charge in [-0.3, -0.25) is 19.3 Å². The molecule has 3 rings (SSSR count). The summed E-state index contributed by atoms with van der Waals surface area (Å²) in [4.78, 5) is 29.5. The Kier molecular flexibility index (Phi) is 2.18. The van der Waals surface area contributed by atoms with Gasteiger partial charge in [0.05, 0.1) is 5.69 Å². The van der Waals surface area contributed by atoms with Gasteiger partial charge in [-0.25, -0.2) is 4.79 Å². The smallest absolute Gasteiger partial charge is 0.290 e. The van der Waals surface area contributed by atoms with E-state index in [1.54, 1.807) is 23.0 Å². The lowest BCUT2D eigenvalue weighted by molar-refractivity contribution is 0.684. The summed E-state index contributed by atoms with van der Waals surface area (Å²) in [5, 5.41) is 0. The molecule has 5 nitrogen and oxygen atoms in total. The number of hydrogen-bond acceptors (Lipinski definition) is 3. The van der Waals surface area contributed by atoms with E-state index in [1.165, 1.54) is 6.07 Å². The van der Waals surface area contributed by atoms with E-state index in [0.29, 0.717) is 5.69 Å². The van der Waals surface area contributed by atoms with Crippen LogP contribution in [0.1, 0.15) is 18.9 Å². The second-order valence-corrected chi connectivity index (χ2v) is 4.17. The quantitative estimate of drug-likeness (QED) is 0.833. The van der Waals surface area contributed by atoms with Crippen molar-refractivity contribution >= 4 is 0 Å². The fourth-order valence-electron chi connectivity index (χ4n) is 1.94. The number of nitrogens with zero attached hydrogens (tertiary/aromatic N) is 2. The van der Waals surface area contributed by atoms with Crippen LogP contribution in [0.2, 0.25) is 0 Å². The maximum absolute atomic E-state index is 11.8. The van der Waals surface area contributed by atoms with E-state index in [0.717, 1.165) is 18.4 Å². The lowest BCUT2D eigenvalue weighted by atomic mass is 10.2. The fourth-order valence-corrected chi connectivity index (χ4v) is 1.94. The second kappa shape index (κ2) is 3.69. The summed E-state index contributed by atoms with van der Waals surface area (Å²) in [5.41, 5.74) is 0.738. The van der Waals surface area contributed by atoms with Gasteiger partial charge in [-0.05, 0) is 25.0 Å². The third-order valence-electron chi connectivity index (χ3n) is 2.85. The summed E-state index contributed by atoms with van der Waals surface area (Å²) in [7, 11) is 0. The van der Waals surface area contributed by atoms with E-state index >= 15 is 0 Å². The number of aromatic amines is 1. The van der Waals surface area contributed by atoms with Crippen LogP contribution in [0.15, 0.2) is 40.2 Å². The first kappa shape index (κ1) is 10.0. The number of H-pyrrole nitrogens is 1. The monoisotopic (exact) mass is 229 g/mol. The van der Waals surface area contributed by atoms with Gasteiger partial charge in [-0.2, -0.15) is 0 Å². The highest BCUT2D eigenvalue weighted by molar-refractivity contribution is 5.57. The zero-order valence-electron chi connectivity index (χ0n) is 9.09. The highest BCUT2D eigenvalue weighted by Gasteiger charge is 2.27. The summed E-state index contributed by atoms with van der Waals surface area (Å²) in [5.74, 6) is 0. The van der Waals surface area contributed by atoms with Gasteiger partial charge in [0.2, 0.25) is 0 Å². The number of pyridine rings is 1. The maximum atomic E-state index is 11.8. The predicted octanol–water partition coefficient (Wildman–Crippen LogP) is 0.933. The molecule has 2 aromatic rings. The highest BCUT2D eigenvalue weighted by atomic mass is 16.2. The first-order valence-corrected chi connectivity index (χ1v) is 5.52. The molecule has 0 amide bonds. The van der Waals surface area contributed by atoms with Gasteiger partial charge in [0.25, 0.3) is 5.56 Å². The summed E-state index contributed by atoms with van der Waals surface area (Å²) in [6.07, 6.45) is 5.29. The largest absolute Gasteiger partial charge is 0.329 e. The predicted molar refractivity (Wildman–Crippen MR) is 62.8 cm³/mol. The van der Waals surface area contributed by atoms with Gasteiger partial charge in [0.1, 0.15) is 0 Å². The van der Waals surface area contributed by atoms with Crippen LogP contribution < -0.4 is 11.2 Å². The Hall–Kier alpha value is -2.17. The van der Waals surface area contributed by atoms with Gasteiger partial charge >= 0.3 is 5.69 Å². The van der Waals surface area contributed by atoms with Crippen molar-refractivity contribution in [3.8, 4) is 11.3 Å². The SMILES string of the molecule is O=c1cc(-c2cccnc2)n(C2CC2)c(=O)[nH]1. The minimum atomic E-state index is -0.370. The normalized spacial score (nSPS) is 14.8. The highest BCUT2D eigenvalue weighted by Crippen LogP contribution is 2.36. The second-order valence-electron chi connectivity index (χ2n) is 4.17.